The quantitative estimate of drug-likeness (QED) is 0.216. The number of nitrogens with one attached hydrogen (secondary N) is 1. The van der Waals surface area contributed by atoms with Crippen molar-refractivity contribution in [3.63, 3.8) is 0 Å². The molecule has 1 N–H and O–H groups in total. The van der Waals surface area contributed by atoms with Gasteiger partial charge in [-0.3, -0.25) is 9.89 Å². The highest BCUT2D eigenvalue weighted by Gasteiger charge is 2.46. The van der Waals surface area contributed by atoms with Crippen LogP contribution in [0.2, 0.25) is 0 Å². The van der Waals surface area contributed by atoms with E-state index in [0.29, 0.717) is 71.8 Å². The summed E-state index contributed by atoms with van der Waals surface area (Å²) >= 11 is 0. The van der Waals surface area contributed by atoms with E-state index in [0.717, 1.165) is 46.3 Å². The van der Waals surface area contributed by atoms with Crippen molar-refractivity contribution >= 4 is 12.7 Å². The Morgan fingerprint density at radius 1 is 0.875 bits per heavy atom. The van der Waals surface area contributed by atoms with Crippen LogP contribution in [0.15, 0.2) is 65.7 Å². The van der Waals surface area contributed by atoms with E-state index in [1.54, 1.807) is 21.3 Å². The molecule has 48 heavy (non-hydrogen) atoms. The van der Waals surface area contributed by atoms with Crippen LogP contribution in [0.3, 0.4) is 0 Å². The fourth-order valence-corrected chi connectivity index (χ4v) is 7.73. The average Bonchev–Trinajstić information content (AvgIpc) is 3.11. The summed E-state index contributed by atoms with van der Waals surface area (Å²) in [5.74, 6) is 4.80. The largest absolute Gasteiger partial charge is 0.493 e. The predicted octanol–water partition coefficient (Wildman–Crippen LogP) is 6.77. The maximum atomic E-state index is 13.3. The van der Waals surface area contributed by atoms with Crippen molar-refractivity contribution in [3.8, 4) is 46.0 Å². The molecule has 10 nitrogen and oxygen atoms in total. The Bertz CT molecular complexity index is 1960. The number of amides is 2. The fourth-order valence-electron chi connectivity index (χ4n) is 7.73. The van der Waals surface area contributed by atoms with Crippen molar-refractivity contribution in [2.45, 2.75) is 37.4 Å². The summed E-state index contributed by atoms with van der Waals surface area (Å²) in [6.45, 7) is 5.46. The topological polar surface area (TPSA) is 94.1 Å². The van der Waals surface area contributed by atoms with Gasteiger partial charge >= 0.3 is 6.03 Å². The molecular weight excluding hydrogens is 608 g/mol. The molecular formula is C38H38N4O6. The van der Waals surface area contributed by atoms with Gasteiger partial charge in [0.25, 0.3) is 0 Å². The number of likely N-dealkylation sites (N-methyl/N-ethyl adjacent to an activating group) is 1. The number of aliphatic imine (C=N–C) groups is 1. The first-order chi connectivity index (χ1) is 23.3. The molecule has 5 heterocycles. The minimum atomic E-state index is -0.844. The van der Waals surface area contributed by atoms with E-state index >= 15 is 0 Å². The normalized spacial score (nSPS) is 20.4. The number of rotatable bonds is 3. The van der Waals surface area contributed by atoms with E-state index in [9.17, 15) is 4.79 Å². The van der Waals surface area contributed by atoms with E-state index in [1.165, 1.54) is 0 Å². The molecule has 0 spiro atoms. The molecule has 0 saturated carbocycles. The summed E-state index contributed by atoms with van der Waals surface area (Å²) in [5.41, 5.74) is 5.31. The van der Waals surface area contributed by atoms with Crippen LogP contribution in [-0.4, -0.2) is 64.0 Å². The van der Waals surface area contributed by atoms with Crippen molar-refractivity contribution in [1.29, 1.82) is 0 Å². The molecule has 7 bridgehead atoms. The zero-order valence-corrected chi connectivity index (χ0v) is 27.6. The van der Waals surface area contributed by atoms with Gasteiger partial charge in [0, 0.05) is 32.1 Å². The molecule has 4 aromatic rings. The van der Waals surface area contributed by atoms with Crippen molar-refractivity contribution in [2.75, 3.05) is 41.4 Å². The summed E-state index contributed by atoms with van der Waals surface area (Å²) in [6.07, 6.45) is 2.54. The van der Waals surface area contributed by atoms with E-state index in [2.05, 4.69) is 42.2 Å². The molecule has 9 rings (SSSR count). The highest BCUT2D eigenvalue weighted by atomic mass is 16.6. The van der Waals surface area contributed by atoms with Crippen LogP contribution >= 0.6 is 0 Å². The maximum absolute atomic E-state index is 13.3. The number of urea groups is 1. The predicted molar refractivity (Wildman–Crippen MR) is 182 cm³/mol. The highest BCUT2D eigenvalue weighted by molar-refractivity contribution is 5.75. The van der Waals surface area contributed by atoms with Crippen LogP contribution < -0.4 is 29.0 Å². The Balaban J connectivity index is 1.37. The number of hydrogen-bond acceptors (Lipinski definition) is 8. The number of carbonyl (C=O) groups excluding carboxylic acids is 1. The monoisotopic (exact) mass is 646 g/mol. The molecule has 0 aliphatic carbocycles. The second-order valence-corrected chi connectivity index (χ2v) is 12.7. The third kappa shape index (κ3) is 4.65. The van der Waals surface area contributed by atoms with Crippen molar-refractivity contribution in [2.24, 2.45) is 4.99 Å². The van der Waals surface area contributed by atoms with Crippen LogP contribution in [0.25, 0.3) is 0 Å². The lowest BCUT2D eigenvalue weighted by molar-refractivity contribution is 0.109. The molecule has 4 aromatic carbocycles. The zero-order chi connectivity index (χ0) is 33.2. The van der Waals surface area contributed by atoms with Crippen LogP contribution in [0.4, 0.5) is 4.79 Å². The first-order valence-electron chi connectivity index (χ1n) is 16.2. The Labute approximate surface area is 279 Å². The highest BCUT2D eigenvalue weighted by Crippen LogP contribution is 2.58. The Kier molecular flexibility index (Phi) is 7.21. The second kappa shape index (κ2) is 11.5. The van der Waals surface area contributed by atoms with E-state index < -0.39 is 5.66 Å². The van der Waals surface area contributed by atoms with Gasteiger partial charge in [0.15, 0.2) is 34.5 Å². The first-order valence-corrected chi connectivity index (χ1v) is 16.2. The summed E-state index contributed by atoms with van der Waals surface area (Å²) in [6, 6.07) is 19.7. The molecule has 246 valence electrons. The molecule has 0 radical (unpaired) electrons. The van der Waals surface area contributed by atoms with Gasteiger partial charge in [-0.25, -0.2) is 4.79 Å². The van der Waals surface area contributed by atoms with Gasteiger partial charge in [0.05, 0.1) is 20.3 Å². The lowest BCUT2D eigenvalue weighted by atomic mass is 9.82. The maximum Gasteiger partial charge on any atom is 0.317 e. The van der Waals surface area contributed by atoms with E-state index in [-0.39, 0.29) is 12.1 Å². The molecule has 0 fully saturated rings. The number of benzene rings is 4. The summed E-state index contributed by atoms with van der Waals surface area (Å²) < 4.78 is 31.6. The number of carbonyl (C=O) groups is 1. The fraction of sp³-hybridized carbons (Fsp3) is 0.316. The summed E-state index contributed by atoms with van der Waals surface area (Å²) in [4.78, 5) is 22.3. The molecule has 5 aliphatic rings. The molecule has 2 amide bonds. The Hall–Kier alpha value is -5.22. The molecule has 10 heteroatoms. The molecule has 0 aromatic heterocycles. The molecule has 5 aliphatic heterocycles. The van der Waals surface area contributed by atoms with Crippen molar-refractivity contribution in [3.05, 3.63) is 94.0 Å². The Morgan fingerprint density at radius 2 is 1.60 bits per heavy atom. The number of nitrogens with zero attached hydrogens (tertiary/aromatic N) is 3. The zero-order valence-electron chi connectivity index (χ0n) is 27.6. The smallest absolute Gasteiger partial charge is 0.317 e. The van der Waals surface area contributed by atoms with Gasteiger partial charge in [-0.05, 0) is 103 Å². The van der Waals surface area contributed by atoms with Gasteiger partial charge in [0.1, 0.15) is 11.4 Å². The van der Waals surface area contributed by atoms with Crippen LogP contribution in [0.5, 0.6) is 46.0 Å². The van der Waals surface area contributed by atoms with Gasteiger partial charge in [-0.2, -0.15) is 0 Å². The summed E-state index contributed by atoms with van der Waals surface area (Å²) in [5, 5.41) is 2.84. The van der Waals surface area contributed by atoms with Gasteiger partial charge in [-0.1, -0.05) is 18.2 Å². The number of fused-ring (bicyclic) bond motifs is 2. The third-order valence-electron chi connectivity index (χ3n) is 10.2. The van der Waals surface area contributed by atoms with Crippen LogP contribution in [0, 0.1) is 0 Å². The first kappa shape index (κ1) is 30.1. The molecule has 2 atom stereocenters. The van der Waals surface area contributed by atoms with Crippen LogP contribution in [0.1, 0.15) is 39.4 Å². The number of hydrogen-bond donors (Lipinski definition) is 1. The summed E-state index contributed by atoms with van der Waals surface area (Å²) in [7, 11) is 7.02. The van der Waals surface area contributed by atoms with Crippen molar-refractivity contribution in [1.82, 2.24) is 15.1 Å². The number of methoxy groups -OCH3 is 2. The standard InChI is InChI=1S/C38H38N4O6/c1-39-37(43)42-15-13-24-18-31-32-20-27(24)28(42)16-23-8-11-29(44-4)30(17-23)46-26-9-6-22(7-10-26)21-38(40-2)34-25(12-14-41(38)3)19-33(45-5)35(47-31)36(34)48-32/h6-11,17-20,28H,2,12-16,21H2,1,3-5H3,(H,39,43)/t28-,38-/m0/s1. The Morgan fingerprint density at radius 3 is 2.35 bits per heavy atom. The number of ether oxygens (including phenoxy) is 5. The van der Waals surface area contributed by atoms with Gasteiger partial charge in [-0.15, -0.1) is 0 Å². The third-order valence-corrected chi connectivity index (χ3v) is 10.2. The lowest BCUT2D eigenvalue weighted by Gasteiger charge is -2.45. The van der Waals surface area contributed by atoms with Gasteiger partial charge < -0.3 is 33.9 Å². The average molecular weight is 647 g/mol. The molecule has 0 unspecified atom stereocenters. The van der Waals surface area contributed by atoms with E-state index in [4.69, 9.17) is 28.7 Å². The minimum absolute atomic E-state index is 0.137. The minimum Gasteiger partial charge on any atom is -0.493 e. The van der Waals surface area contributed by atoms with Crippen LogP contribution in [-0.2, 0) is 31.3 Å². The molecule has 0 saturated heterocycles. The lowest BCUT2D eigenvalue weighted by Crippen LogP contribution is -2.49. The van der Waals surface area contributed by atoms with Gasteiger partial charge in [0.2, 0.25) is 5.75 Å². The van der Waals surface area contributed by atoms with Crippen molar-refractivity contribution < 1.29 is 28.5 Å². The SMILES string of the molecule is C=N[C@]12Cc3ccc(cc3)Oc3cc(ccc3OC)C[C@H]3c4cc5c(cc4CCN3C(=O)NC)Oc3c(OC)cc(c1c3O5)CCN2C. The second-order valence-electron chi connectivity index (χ2n) is 12.7. The van der Waals surface area contributed by atoms with E-state index in [1.807, 2.05) is 47.4 Å².